The first kappa shape index (κ1) is 31.2. The zero-order chi connectivity index (χ0) is 30.1. The van der Waals surface area contributed by atoms with E-state index in [9.17, 15) is 9.50 Å². The van der Waals surface area contributed by atoms with Gasteiger partial charge in [-0.25, -0.2) is 4.39 Å². The Morgan fingerprint density at radius 2 is 1.93 bits per heavy atom. The van der Waals surface area contributed by atoms with Gasteiger partial charge in [-0.05, 0) is 92.6 Å². The molecule has 8 heteroatoms. The normalized spacial score (nSPS) is 16.6. The van der Waals surface area contributed by atoms with E-state index in [1.54, 1.807) is 12.1 Å². The van der Waals surface area contributed by atoms with Gasteiger partial charge >= 0.3 is 0 Å². The molecule has 2 heterocycles. The fourth-order valence-corrected chi connectivity index (χ4v) is 5.21. The van der Waals surface area contributed by atoms with E-state index in [4.69, 9.17) is 14.7 Å². The first-order valence-electron chi connectivity index (χ1n) is 14.4. The maximum Gasteiger partial charge on any atom is 0.128 e. The highest BCUT2D eigenvalue weighted by Gasteiger charge is 2.41. The molecule has 0 saturated carbocycles. The van der Waals surface area contributed by atoms with E-state index in [2.05, 4.69) is 21.3 Å². The lowest BCUT2D eigenvalue weighted by Gasteiger charge is -2.31. The molecule has 42 heavy (non-hydrogen) atoms. The van der Waals surface area contributed by atoms with Gasteiger partial charge in [0, 0.05) is 29.7 Å². The number of aliphatic hydroxyl groups is 1. The predicted molar refractivity (Wildman–Crippen MR) is 164 cm³/mol. The van der Waals surface area contributed by atoms with Crippen LogP contribution in [0.15, 0.2) is 72.9 Å². The highest BCUT2D eigenvalue weighted by atomic mass is 19.1. The number of H-pyrrole nitrogens is 1. The molecule has 0 amide bonds. The largest absolute Gasteiger partial charge is 0.490 e. The summed E-state index contributed by atoms with van der Waals surface area (Å²) in [6, 6.07) is 22.7. The highest BCUT2D eigenvalue weighted by molar-refractivity contribution is 5.85. The molecule has 5 rings (SSSR count). The van der Waals surface area contributed by atoms with Gasteiger partial charge < -0.3 is 29.8 Å². The summed E-state index contributed by atoms with van der Waals surface area (Å²) in [6.45, 7) is 6.37. The molecule has 1 aromatic heterocycles. The number of benzene rings is 3. The SMILES string of the molecule is CC(C)NCC(O)COc1cccc2[nH]ccc12.CN(C)CCCC1(c2ccc(F)cc2)OCc2cc(C#N)ccc21. The maximum absolute atomic E-state index is 13.4. The van der Waals surface area contributed by atoms with Crippen LogP contribution in [0.25, 0.3) is 10.9 Å². The van der Waals surface area contributed by atoms with Crippen molar-refractivity contribution in [2.24, 2.45) is 0 Å². The molecule has 2 unspecified atom stereocenters. The quantitative estimate of drug-likeness (QED) is 0.213. The number of aromatic amines is 1. The standard InChI is InChI=1S/C20H21FN2O.C14H20N2O2/c1-23(2)11-3-10-20(17-5-7-18(21)8-6-17)19-9-4-15(13-22)12-16(19)14-24-20;1-10(2)16-8-11(17)9-18-14-5-3-4-13-12(14)6-7-15-13/h4-9,12H,3,10-11,14H2,1-2H3;3-7,10-11,15-17H,8-9H2,1-2H3. The van der Waals surface area contributed by atoms with Crippen LogP contribution in [0.1, 0.15) is 48.9 Å². The van der Waals surface area contributed by atoms with Crippen LogP contribution in [-0.4, -0.2) is 60.9 Å². The van der Waals surface area contributed by atoms with Gasteiger partial charge in [0.15, 0.2) is 0 Å². The van der Waals surface area contributed by atoms with E-state index >= 15 is 0 Å². The number of nitrogens with one attached hydrogen (secondary N) is 2. The Labute approximate surface area is 247 Å². The molecule has 0 aliphatic carbocycles. The van der Waals surface area contributed by atoms with E-state index in [1.165, 1.54) is 12.1 Å². The maximum atomic E-state index is 13.4. The molecule has 0 spiro atoms. The number of aliphatic hydroxyl groups excluding tert-OH is 1. The average Bonchev–Trinajstić information content (AvgIpc) is 3.61. The number of hydrogen-bond acceptors (Lipinski definition) is 6. The highest BCUT2D eigenvalue weighted by Crippen LogP contribution is 2.45. The average molecular weight is 573 g/mol. The summed E-state index contributed by atoms with van der Waals surface area (Å²) in [5.41, 5.74) is 4.22. The fourth-order valence-electron chi connectivity index (χ4n) is 5.21. The molecule has 0 bridgehead atoms. The predicted octanol–water partition coefficient (Wildman–Crippen LogP) is 5.72. The lowest BCUT2D eigenvalue weighted by Crippen LogP contribution is -2.35. The van der Waals surface area contributed by atoms with E-state index in [0.717, 1.165) is 52.7 Å². The van der Waals surface area contributed by atoms with Crippen molar-refractivity contribution in [2.75, 3.05) is 33.8 Å². The van der Waals surface area contributed by atoms with Crippen molar-refractivity contribution < 1.29 is 19.0 Å². The van der Waals surface area contributed by atoms with Gasteiger partial charge in [0.05, 0.1) is 18.2 Å². The van der Waals surface area contributed by atoms with Crippen molar-refractivity contribution in [3.05, 3.63) is 101 Å². The first-order chi connectivity index (χ1) is 20.2. The summed E-state index contributed by atoms with van der Waals surface area (Å²) < 4.78 is 25.3. The second kappa shape index (κ2) is 14.4. The van der Waals surface area contributed by atoms with Crippen LogP contribution in [0, 0.1) is 17.1 Å². The number of hydrogen-bond donors (Lipinski definition) is 3. The van der Waals surface area contributed by atoms with Crippen LogP contribution in [0.3, 0.4) is 0 Å². The summed E-state index contributed by atoms with van der Waals surface area (Å²) in [6.07, 6.45) is 3.16. The Bertz CT molecular complexity index is 1480. The number of rotatable bonds is 11. The third-order valence-corrected chi connectivity index (χ3v) is 7.34. The van der Waals surface area contributed by atoms with Crippen molar-refractivity contribution in [2.45, 2.75) is 51.0 Å². The molecule has 2 atom stereocenters. The van der Waals surface area contributed by atoms with Crippen LogP contribution >= 0.6 is 0 Å². The zero-order valence-electron chi connectivity index (χ0n) is 24.9. The van der Waals surface area contributed by atoms with Crippen LogP contribution in [0.5, 0.6) is 5.75 Å². The van der Waals surface area contributed by atoms with E-state index in [0.29, 0.717) is 31.4 Å². The number of halogens is 1. The smallest absolute Gasteiger partial charge is 0.128 e. The van der Waals surface area contributed by atoms with Gasteiger partial charge in [-0.1, -0.05) is 38.1 Å². The fraction of sp³-hybridized carbons (Fsp3) is 0.382. The molecular weight excluding hydrogens is 531 g/mol. The third kappa shape index (κ3) is 7.75. The van der Waals surface area contributed by atoms with Gasteiger partial charge in [-0.3, -0.25) is 0 Å². The van der Waals surface area contributed by atoms with Crippen molar-refractivity contribution in [1.29, 1.82) is 5.26 Å². The van der Waals surface area contributed by atoms with Gasteiger partial charge in [0.25, 0.3) is 0 Å². The van der Waals surface area contributed by atoms with Gasteiger partial charge in [-0.2, -0.15) is 5.26 Å². The van der Waals surface area contributed by atoms with Gasteiger partial charge in [0.2, 0.25) is 0 Å². The Kier molecular flexibility index (Phi) is 10.7. The Morgan fingerprint density at radius 1 is 1.14 bits per heavy atom. The van der Waals surface area contributed by atoms with E-state index in [-0.39, 0.29) is 5.82 Å². The van der Waals surface area contributed by atoms with Crippen LogP contribution in [0.4, 0.5) is 4.39 Å². The van der Waals surface area contributed by atoms with Crippen molar-refractivity contribution >= 4 is 10.9 Å². The number of nitrogens with zero attached hydrogens (tertiary/aromatic N) is 2. The third-order valence-electron chi connectivity index (χ3n) is 7.34. The van der Waals surface area contributed by atoms with E-state index < -0.39 is 11.7 Å². The van der Waals surface area contributed by atoms with Crippen LogP contribution < -0.4 is 10.1 Å². The van der Waals surface area contributed by atoms with Crippen LogP contribution in [-0.2, 0) is 16.9 Å². The second-order valence-corrected chi connectivity index (χ2v) is 11.2. The minimum absolute atomic E-state index is 0.250. The van der Waals surface area contributed by atoms with Gasteiger partial charge in [0.1, 0.15) is 29.9 Å². The summed E-state index contributed by atoms with van der Waals surface area (Å²) >= 11 is 0. The topological polar surface area (TPSA) is 93.5 Å². The summed E-state index contributed by atoms with van der Waals surface area (Å²) in [7, 11) is 4.10. The zero-order valence-corrected chi connectivity index (χ0v) is 24.9. The number of fused-ring (bicyclic) bond motifs is 2. The minimum atomic E-state index is -0.562. The Hall–Kier alpha value is -3.74. The molecule has 0 fully saturated rings. The van der Waals surface area contributed by atoms with Crippen molar-refractivity contribution in [3.8, 4) is 11.8 Å². The molecule has 222 valence electrons. The Morgan fingerprint density at radius 3 is 2.64 bits per heavy atom. The number of nitriles is 1. The van der Waals surface area contributed by atoms with E-state index in [1.807, 2.05) is 76.6 Å². The molecule has 1 aliphatic heterocycles. The molecule has 3 aromatic carbocycles. The lowest BCUT2D eigenvalue weighted by molar-refractivity contribution is -0.0140. The van der Waals surface area contributed by atoms with Crippen LogP contribution in [0.2, 0.25) is 0 Å². The minimum Gasteiger partial charge on any atom is -0.490 e. The van der Waals surface area contributed by atoms with Gasteiger partial charge in [-0.15, -0.1) is 0 Å². The van der Waals surface area contributed by atoms with Crippen molar-refractivity contribution in [1.82, 2.24) is 15.2 Å². The molecule has 7 nitrogen and oxygen atoms in total. The first-order valence-corrected chi connectivity index (χ1v) is 14.4. The second-order valence-electron chi connectivity index (χ2n) is 11.2. The number of ether oxygens (including phenoxy) is 2. The van der Waals surface area contributed by atoms with Crippen molar-refractivity contribution in [3.63, 3.8) is 0 Å². The monoisotopic (exact) mass is 572 g/mol. The lowest BCUT2D eigenvalue weighted by atomic mass is 9.81. The molecule has 3 N–H and O–H groups in total. The summed E-state index contributed by atoms with van der Waals surface area (Å²) in [4.78, 5) is 5.28. The number of aromatic nitrogens is 1. The molecule has 4 aromatic rings. The molecule has 0 radical (unpaired) electrons. The molecule has 0 saturated heterocycles. The summed E-state index contributed by atoms with van der Waals surface area (Å²) in [5.74, 6) is 0.553. The summed E-state index contributed by atoms with van der Waals surface area (Å²) in [5, 5.41) is 23.1. The molecular formula is C34H41FN4O3. The molecule has 1 aliphatic rings. The Balaban J connectivity index is 0.000000201.